The molecule has 1 fully saturated rings. The van der Waals surface area contributed by atoms with E-state index in [1.807, 2.05) is 6.92 Å². The minimum absolute atomic E-state index is 0.0150. The molecule has 4 heteroatoms. The first-order valence-electron chi connectivity index (χ1n) is 4.74. The van der Waals surface area contributed by atoms with Crippen LogP contribution in [-0.2, 0) is 4.79 Å². The fourth-order valence-electron chi connectivity index (χ4n) is 1.62. The summed E-state index contributed by atoms with van der Waals surface area (Å²) in [5.74, 6) is 0.148. The summed E-state index contributed by atoms with van der Waals surface area (Å²) in [6.45, 7) is 4.90. The average Bonchev–Trinajstić information content (AvgIpc) is 2.08. The molecule has 1 amide bonds. The van der Waals surface area contributed by atoms with Crippen LogP contribution in [0, 0.1) is 5.92 Å². The number of piperidine rings is 1. The SMILES string of the molecule is C[C@H](N)C(=O)N1CC[C@H](O)[C@@H](C)C1. The highest BCUT2D eigenvalue weighted by atomic mass is 16.3. The molecule has 4 nitrogen and oxygen atoms in total. The van der Waals surface area contributed by atoms with E-state index in [0.717, 1.165) is 0 Å². The number of carbonyl (C=O) groups excluding carboxylic acids is 1. The third-order valence-electron chi connectivity index (χ3n) is 2.56. The first-order valence-corrected chi connectivity index (χ1v) is 4.74. The molecule has 13 heavy (non-hydrogen) atoms. The number of carbonyl (C=O) groups is 1. The maximum Gasteiger partial charge on any atom is 0.239 e. The molecule has 0 radical (unpaired) electrons. The Morgan fingerprint density at radius 2 is 2.31 bits per heavy atom. The van der Waals surface area contributed by atoms with Crippen molar-refractivity contribution >= 4 is 5.91 Å². The van der Waals surface area contributed by atoms with Crippen LogP contribution in [0.25, 0.3) is 0 Å². The Balaban J connectivity index is 2.50. The average molecular weight is 186 g/mol. The van der Waals surface area contributed by atoms with Gasteiger partial charge in [0.25, 0.3) is 0 Å². The quantitative estimate of drug-likeness (QED) is 0.583. The Morgan fingerprint density at radius 1 is 1.69 bits per heavy atom. The largest absolute Gasteiger partial charge is 0.393 e. The van der Waals surface area contributed by atoms with Gasteiger partial charge in [-0.2, -0.15) is 0 Å². The van der Waals surface area contributed by atoms with Gasteiger partial charge in [-0.1, -0.05) is 6.92 Å². The number of likely N-dealkylation sites (tertiary alicyclic amines) is 1. The second-order valence-corrected chi connectivity index (χ2v) is 3.91. The van der Waals surface area contributed by atoms with Crippen molar-refractivity contribution in [2.24, 2.45) is 11.7 Å². The topological polar surface area (TPSA) is 66.6 Å². The molecule has 0 saturated carbocycles. The lowest BCUT2D eigenvalue weighted by Crippen LogP contribution is -2.49. The molecule has 0 aliphatic carbocycles. The van der Waals surface area contributed by atoms with Crippen LogP contribution in [0.5, 0.6) is 0 Å². The van der Waals surface area contributed by atoms with Crippen molar-refractivity contribution in [2.45, 2.75) is 32.4 Å². The molecule has 1 aliphatic rings. The zero-order valence-corrected chi connectivity index (χ0v) is 8.23. The Bertz CT molecular complexity index is 194. The Kier molecular flexibility index (Phi) is 3.27. The van der Waals surface area contributed by atoms with Gasteiger partial charge in [0, 0.05) is 13.1 Å². The van der Waals surface area contributed by atoms with Crippen molar-refractivity contribution in [1.29, 1.82) is 0 Å². The van der Waals surface area contributed by atoms with E-state index in [0.29, 0.717) is 19.5 Å². The summed E-state index contributed by atoms with van der Waals surface area (Å²) < 4.78 is 0. The van der Waals surface area contributed by atoms with E-state index >= 15 is 0 Å². The van der Waals surface area contributed by atoms with Crippen LogP contribution >= 0.6 is 0 Å². The maximum absolute atomic E-state index is 11.5. The third-order valence-corrected chi connectivity index (χ3v) is 2.56. The van der Waals surface area contributed by atoms with Gasteiger partial charge in [-0.25, -0.2) is 0 Å². The van der Waals surface area contributed by atoms with Crippen LogP contribution in [0.2, 0.25) is 0 Å². The van der Waals surface area contributed by atoms with Gasteiger partial charge in [-0.15, -0.1) is 0 Å². The molecule has 76 valence electrons. The van der Waals surface area contributed by atoms with Gasteiger partial charge in [-0.05, 0) is 19.3 Å². The molecule has 1 heterocycles. The number of amides is 1. The molecule has 1 saturated heterocycles. The van der Waals surface area contributed by atoms with Gasteiger partial charge in [0.2, 0.25) is 5.91 Å². The molecule has 1 rings (SSSR count). The number of rotatable bonds is 1. The Morgan fingerprint density at radius 3 is 2.77 bits per heavy atom. The van der Waals surface area contributed by atoms with Gasteiger partial charge in [-0.3, -0.25) is 4.79 Å². The molecule has 0 aromatic carbocycles. The summed E-state index contributed by atoms with van der Waals surface area (Å²) in [7, 11) is 0. The standard InChI is InChI=1S/C9H18N2O2/c1-6-5-11(4-3-8(6)12)9(13)7(2)10/h6-8,12H,3-5,10H2,1-2H3/t6-,7-,8-/m0/s1. The fourth-order valence-corrected chi connectivity index (χ4v) is 1.62. The summed E-state index contributed by atoms with van der Waals surface area (Å²) in [6, 6.07) is -0.428. The number of hydrogen-bond acceptors (Lipinski definition) is 3. The van der Waals surface area contributed by atoms with Crippen LogP contribution in [0.3, 0.4) is 0 Å². The van der Waals surface area contributed by atoms with Crippen molar-refractivity contribution in [3.63, 3.8) is 0 Å². The molecule has 0 aromatic rings. The monoisotopic (exact) mass is 186 g/mol. The normalized spacial score (nSPS) is 31.5. The van der Waals surface area contributed by atoms with E-state index in [9.17, 15) is 9.90 Å². The molecule has 0 unspecified atom stereocenters. The molecule has 0 spiro atoms. The summed E-state index contributed by atoms with van der Waals surface area (Å²) in [5, 5.41) is 9.45. The second kappa shape index (κ2) is 4.07. The lowest BCUT2D eigenvalue weighted by Gasteiger charge is -2.35. The molecule has 3 atom stereocenters. The summed E-state index contributed by atoms with van der Waals surface area (Å²) >= 11 is 0. The predicted molar refractivity (Wildman–Crippen MR) is 50.0 cm³/mol. The van der Waals surface area contributed by atoms with E-state index in [1.54, 1.807) is 11.8 Å². The van der Waals surface area contributed by atoms with Crippen molar-refractivity contribution < 1.29 is 9.90 Å². The highest BCUT2D eigenvalue weighted by Gasteiger charge is 2.28. The maximum atomic E-state index is 11.5. The number of nitrogens with two attached hydrogens (primary N) is 1. The van der Waals surface area contributed by atoms with Crippen molar-refractivity contribution in [3.05, 3.63) is 0 Å². The number of aliphatic hydroxyl groups is 1. The minimum Gasteiger partial charge on any atom is -0.393 e. The van der Waals surface area contributed by atoms with Crippen LogP contribution in [0.4, 0.5) is 0 Å². The van der Waals surface area contributed by atoms with Crippen LogP contribution in [-0.4, -0.2) is 41.1 Å². The van der Waals surface area contributed by atoms with Gasteiger partial charge in [0.05, 0.1) is 12.1 Å². The van der Waals surface area contributed by atoms with Crippen LogP contribution < -0.4 is 5.73 Å². The lowest BCUT2D eigenvalue weighted by atomic mass is 9.96. The highest BCUT2D eigenvalue weighted by molar-refractivity contribution is 5.81. The van der Waals surface area contributed by atoms with Gasteiger partial charge in [0.1, 0.15) is 0 Å². The molecule has 1 aliphatic heterocycles. The van der Waals surface area contributed by atoms with Crippen molar-refractivity contribution in [3.8, 4) is 0 Å². The van der Waals surface area contributed by atoms with E-state index in [-0.39, 0.29) is 17.9 Å². The number of hydrogen-bond donors (Lipinski definition) is 2. The van der Waals surface area contributed by atoms with Crippen LogP contribution in [0.1, 0.15) is 20.3 Å². The van der Waals surface area contributed by atoms with Crippen molar-refractivity contribution in [2.75, 3.05) is 13.1 Å². The zero-order valence-electron chi connectivity index (χ0n) is 8.23. The Hall–Kier alpha value is -0.610. The number of aliphatic hydroxyl groups excluding tert-OH is 1. The molecular formula is C9H18N2O2. The van der Waals surface area contributed by atoms with E-state index in [2.05, 4.69) is 0 Å². The third kappa shape index (κ3) is 2.42. The first-order chi connectivity index (χ1) is 6.02. The van der Waals surface area contributed by atoms with E-state index < -0.39 is 6.04 Å². The predicted octanol–water partition coefficient (Wildman–Crippen LogP) is -0.437. The van der Waals surface area contributed by atoms with E-state index in [4.69, 9.17) is 5.73 Å². The van der Waals surface area contributed by atoms with Crippen molar-refractivity contribution in [1.82, 2.24) is 4.90 Å². The molecule has 0 bridgehead atoms. The summed E-state index contributed by atoms with van der Waals surface area (Å²) in [6.07, 6.45) is 0.400. The van der Waals surface area contributed by atoms with Gasteiger partial charge in [0.15, 0.2) is 0 Å². The molecule has 3 N–H and O–H groups in total. The lowest BCUT2D eigenvalue weighted by molar-refractivity contribution is -0.135. The summed E-state index contributed by atoms with van der Waals surface area (Å²) in [5.41, 5.74) is 5.49. The zero-order chi connectivity index (χ0) is 10.0. The smallest absolute Gasteiger partial charge is 0.239 e. The van der Waals surface area contributed by atoms with E-state index in [1.165, 1.54) is 0 Å². The fraction of sp³-hybridized carbons (Fsp3) is 0.889. The highest BCUT2D eigenvalue weighted by Crippen LogP contribution is 2.16. The van der Waals surface area contributed by atoms with Gasteiger partial charge >= 0.3 is 0 Å². The molecular weight excluding hydrogens is 168 g/mol. The van der Waals surface area contributed by atoms with Crippen LogP contribution in [0.15, 0.2) is 0 Å². The molecule has 0 aromatic heterocycles. The summed E-state index contributed by atoms with van der Waals surface area (Å²) in [4.78, 5) is 13.2. The van der Waals surface area contributed by atoms with Gasteiger partial charge < -0.3 is 15.7 Å². The first kappa shape index (κ1) is 10.5. The Labute approximate surface area is 78.7 Å². The minimum atomic E-state index is -0.428. The number of nitrogens with zero attached hydrogens (tertiary/aromatic N) is 1. The second-order valence-electron chi connectivity index (χ2n) is 3.91.